The summed E-state index contributed by atoms with van der Waals surface area (Å²) in [6.07, 6.45) is 3.60. The van der Waals surface area contributed by atoms with Gasteiger partial charge in [-0.2, -0.15) is 0 Å². The summed E-state index contributed by atoms with van der Waals surface area (Å²) in [5, 5.41) is 0. The molecule has 1 heterocycles. The lowest BCUT2D eigenvalue weighted by Gasteiger charge is -2.36. The molecule has 1 unspecified atom stereocenters. The van der Waals surface area contributed by atoms with Crippen LogP contribution in [-0.4, -0.2) is 25.2 Å². The first-order valence-electron chi connectivity index (χ1n) is 6.97. The minimum Gasteiger partial charge on any atom is -0.462 e. The monoisotopic (exact) mass is 262 g/mol. The number of nitrogen functional groups attached to an aromatic ring is 1. The number of esters is 1. The Morgan fingerprint density at radius 1 is 1.47 bits per heavy atom. The molecule has 2 N–H and O–H groups in total. The number of nitrogens with two attached hydrogens (primary N) is 1. The van der Waals surface area contributed by atoms with Crippen LogP contribution in [0.4, 0.5) is 11.4 Å². The number of anilines is 2. The second-order valence-corrected chi connectivity index (χ2v) is 5.00. The highest BCUT2D eigenvalue weighted by atomic mass is 16.5. The van der Waals surface area contributed by atoms with Crippen molar-refractivity contribution in [3.8, 4) is 0 Å². The number of carbonyl (C=O) groups excluding carboxylic acids is 1. The van der Waals surface area contributed by atoms with Crippen LogP contribution in [0.5, 0.6) is 0 Å². The fraction of sp³-hybridized carbons (Fsp3) is 0.533. The quantitative estimate of drug-likeness (QED) is 0.672. The van der Waals surface area contributed by atoms with Gasteiger partial charge in [0.05, 0.1) is 23.5 Å². The summed E-state index contributed by atoms with van der Waals surface area (Å²) < 4.78 is 5.04. The molecule has 19 heavy (non-hydrogen) atoms. The smallest absolute Gasteiger partial charge is 0.340 e. The number of piperidine rings is 1. The molecule has 0 radical (unpaired) electrons. The lowest BCUT2D eigenvalue weighted by molar-refractivity contribution is 0.0527. The first-order chi connectivity index (χ1) is 9.15. The lowest BCUT2D eigenvalue weighted by Crippen LogP contribution is -2.38. The minimum absolute atomic E-state index is 0.341. The van der Waals surface area contributed by atoms with Gasteiger partial charge in [0.1, 0.15) is 0 Å². The standard InChI is InChI=1S/C15H22N2O2/c1-3-19-15(18)12-8-6-9-13(14(12)16)17-10-5-4-7-11(17)2/h6,8-9,11H,3-5,7,10,16H2,1-2H3. The average Bonchev–Trinajstić information content (AvgIpc) is 2.40. The van der Waals surface area contributed by atoms with Crippen LogP contribution in [-0.2, 0) is 4.74 Å². The lowest BCUT2D eigenvalue weighted by atomic mass is 10.0. The molecule has 1 atom stereocenters. The fourth-order valence-corrected chi connectivity index (χ4v) is 2.65. The highest BCUT2D eigenvalue weighted by molar-refractivity contribution is 5.98. The third kappa shape index (κ3) is 2.83. The number of benzene rings is 1. The highest BCUT2D eigenvalue weighted by Gasteiger charge is 2.22. The van der Waals surface area contributed by atoms with E-state index in [2.05, 4.69) is 11.8 Å². The molecule has 0 spiro atoms. The zero-order chi connectivity index (χ0) is 13.8. The van der Waals surface area contributed by atoms with E-state index in [1.165, 1.54) is 19.3 Å². The summed E-state index contributed by atoms with van der Waals surface area (Å²) in [4.78, 5) is 14.2. The number of hydrogen-bond acceptors (Lipinski definition) is 4. The van der Waals surface area contributed by atoms with Gasteiger partial charge in [-0.05, 0) is 45.2 Å². The number of ether oxygens (including phenoxy) is 1. The van der Waals surface area contributed by atoms with E-state index in [9.17, 15) is 4.79 Å². The Kier molecular flexibility index (Phi) is 4.30. The Bertz CT molecular complexity index is 459. The first kappa shape index (κ1) is 13.7. The van der Waals surface area contributed by atoms with Crippen LogP contribution in [0.2, 0.25) is 0 Å². The van der Waals surface area contributed by atoms with Crippen LogP contribution in [0.1, 0.15) is 43.5 Å². The second kappa shape index (κ2) is 5.95. The van der Waals surface area contributed by atoms with Gasteiger partial charge in [-0.3, -0.25) is 0 Å². The summed E-state index contributed by atoms with van der Waals surface area (Å²) in [7, 11) is 0. The molecular formula is C15H22N2O2. The van der Waals surface area contributed by atoms with E-state index in [0.29, 0.717) is 23.9 Å². The van der Waals surface area contributed by atoms with E-state index >= 15 is 0 Å². The molecule has 1 saturated heterocycles. The predicted molar refractivity (Wildman–Crippen MR) is 77.5 cm³/mol. The van der Waals surface area contributed by atoms with Crippen LogP contribution in [0.15, 0.2) is 18.2 Å². The maximum Gasteiger partial charge on any atom is 0.340 e. The van der Waals surface area contributed by atoms with Gasteiger partial charge < -0.3 is 15.4 Å². The van der Waals surface area contributed by atoms with E-state index in [0.717, 1.165) is 12.2 Å². The Balaban J connectivity index is 2.31. The summed E-state index contributed by atoms with van der Waals surface area (Å²) in [6.45, 7) is 5.36. The van der Waals surface area contributed by atoms with Crippen molar-refractivity contribution in [3.05, 3.63) is 23.8 Å². The normalized spacial score (nSPS) is 19.3. The molecule has 1 aliphatic rings. The van der Waals surface area contributed by atoms with Crippen LogP contribution in [0, 0.1) is 0 Å². The molecule has 4 heteroatoms. The number of para-hydroxylation sites is 1. The van der Waals surface area contributed by atoms with Crippen LogP contribution in [0.3, 0.4) is 0 Å². The average molecular weight is 262 g/mol. The Hall–Kier alpha value is -1.71. The molecule has 1 aliphatic heterocycles. The molecule has 0 aliphatic carbocycles. The van der Waals surface area contributed by atoms with E-state index < -0.39 is 0 Å². The topological polar surface area (TPSA) is 55.6 Å². The molecule has 2 rings (SSSR count). The fourth-order valence-electron chi connectivity index (χ4n) is 2.65. The van der Waals surface area contributed by atoms with Gasteiger partial charge in [0.15, 0.2) is 0 Å². The van der Waals surface area contributed by atoms with Crippen molar-refractivity contribution < 1.29 is 9.53 Å². The van der Waals surface area contributed by atoms with Crippen molar-refractivity contribution in [1.29, 1.82) is 0 Å². The molecule has 0 bridgehead atoms. The molecular weight excluding hydrogens is 240 g/mol. The van der Waals surface area contributed by atoms with Crippen LogP contribution >= 0.6 is 0 Å². The third-order valence-electron chi connectivity index (χ3n) is 3.69. The van der Waals surface area contributed by atoms with Gasteiger partial charge in [0.25, 0.3) is 0 Å². The van der Waals surface area contributed by atoms with Crippen molar-refractivity contribution in [2.75, 3.05) is 23.8 Å². The SMILES string of the molecule is CCOC(=O)c1cccc(N2CCCCC2C)c1N. The van der Waals surface area contributed by atoms with E-state index in [1.54, 1.807) is 13.0 Å². The van der Waals surface area contributed by atoms with Crippen molar-refractivity contribution in [1.82, 2.24) is 0 Å². The zero-order valence-electron chi connectivity index (χ0n) is 11.7. The molecule has 0 saturated carbocycles. The van der Waals surface area contributed by atoms with Gasteiger partial charge >= 0.3 is 5.97 Å². The molecule has 4 nitrogen and oxygen atoms in total. The number of carbonyl (C=O) groups is 1. The summed E-state index contributed by atoms with van der Waals surface area (Å²) >= 11 is 0. The maximum absolute atomic E-state index is 11.9. The van der Waals surface area contributed by atoms with Crippen LogP contribution < -0.4 is 10.6 Å². The van der Waals surface area contributed by atoms with Gasteiger partial charge in [-0.1, -0.05) is 6.07 Å². The molecule has 0 amide bonds. The van der Waals surface area contributed by atoms with Gasteiger partial charge in [-0.25, -0.2) is 4.79 Å². The summed E-state index contributed by atoms with van der Waals surface area (Å²) in [6, 6.07) is 6.05. The molecule has 104 valence electrons. The number of hydrogen-bond donors (Lipinski definition) is 1. The van der Waals surface area contributed by atoms with Crippen LogP contribution in [0.25, 0.3) is 0 Å². The summed E-state index contributed by atoms with van der Waals surface area (Å²) in [5.41, 5.74) is 8.13. The van der Waals surface area contributed by atoms with Crippen molar-refractivity contribution >= 4 is 17.3 Å². The largest absolute Gasteiger partial charge is 0.462 e. The number of nitrogens with zero attached hydrogens (tertiary/aromatic N) is 1. The Labute approximate surface area is 114 Å². The zero-order valence-corrected chi connectivity index (χ0v) is 11.7. The van der Waals surface area contributed by atoms with Gasteiger partial charge in [0.2, 0.25) is 0 Å². The minimum atomic E-state index is -0.341. The highest BCUT2D eigenvalue weighted by Crippen LogP contribution is 2.32. The van der Waals surface area contributed by atoms with Crippen molar-refractivity contribution in [2.45, 2.75) is 39.2 Å². The van der Waals surface area contributed by atoms with E-state index in [4.69, 9.17) is 10.5 Å². The van der Waals surface area contributed by atoms with Crippen molar-refractivity contribution in [2.24, 2.45) is 0 Å². The Morgan fingerprint density at radius 3 is 2.95 bits per heavy atom. The van der Waals surface area contributed by atoms with Crippen molar-refractivity contribution in [3.63, 3.8) is 0 Å². The van der Waals surface area contributed by atoms with E-state index in [-0.39, 0.29) is 5.97 Å². The van der Waals surface area contributed by atoms with Gasteiger partial charge in [-0.15, -0.1) is 0 Å². The molecule has 1 fully saturated rings. The summed E-state index contributed by atoms with van der Waals surface area (Å²) in [5.74, 6) is -0.341. The Morgan fingerprint density at radius 2 is 2.26 bits per heavy atom. The molecule has 0 aromatic heterocycles. The third-order valence-corrected chi connectivity index (χ3v) is 3.69. The second-order valence-electron chi connectivity index (χ2n) is 5.00. The van der Waals surface area contributed by atoms with Gasteiger partial charge in [0, 0.05) is 12.6 Å². The van der Waals surface area contributed by atoms with E-state index in [1.807, 2.05) is 12.1 Å². The number of rotatable bonds is 3. The molecule has 1 aromatic rings. The molecule has 1 aromatic carbocycles. The maximum atomic E-state index is 11.9. The predicted octanol–water partition coefficient (Wildman–Crippen LogP) is 2.82. The first-order valence-corrected chi connectivity index (χ1v) is 6.97.